The highest BCUT2D eigenvalue weighted by Gasteiger charge is 2.19. The molecule has 0 bridgehead atoms. The molecule has 1 atom stereocenters. The van der Waals surface area contributed by atoms with Gasteiger partial charge in [0.25, 0.3) is 0 Å². The molecule has 2 aromatic carbocycles. The summed E-state index contributed by atoms with van der Waals surface area (Å²) in [6, 6.07) is 9.83. The van der Waals surface area contributed by atoms with Gasteiger partial charge >= 0.3 is 0 Å². The average molecular weight is 273 g/mol. The van der Waals surface area contributed by atoms with Crippen LogP contribution < -0.4 is 5.73 Å². The maximum atomic E-state index is 13.2. The molecule has 0 spiro atoms. The molecular formula is C16H13F2NO. The summed E-state index contributed by atoms with van der Waals surface area (Å²) >= 11 is 0. The van der Waals surface area contributed by atoms with Crippen LogP contribution in [0.15, 0.2) is 46.9 Å². The molecule has 0 saturated carbocycles. The van der Waals surface area contributed by atoms with Crippen molar-refractivity contribution in [2.45, 2.75) is 13.0 Å². The molecule has 1 heterocycles. The molecule has 2 nitrogen and oxygen atoms in total. The minimum absolute atomic E-state index is 0.315. The van der Waals surface area contributed by atoms with Gasteiger partial charge in [-0.05, 0) is 36.8 Å². The van der Waals surface area contributed by atoms with E-state index in [0.717, 1.165) is 16.5 Å². The van der Waals surface area contributed by atoms with Crippen molar-refractivity contribution < 1.29 is 13.2 Å². The second kappa shape index (κ2) is 4.72. The normalized spacial score (nSPS) is 12.8. The standard InChI is InChI=1S/C16H13F2NO/c1-9-13-7-6-12(18)8-14(13)20-16(9)15(19)10-2-4-11(17)5-3-10/h2-8,15H,19H2,1H3. The molecule has 1 unspecified atom stereocenters. The van der Waals surface area contributed by atoms with Gasteiger partial charge in [0, 0.05) is 17.0 Å². The van der Waals surface area contributed by atoms with E-state index in [1.165, 1.54) is 24.3 Å². The van der Waals surface area contributed by atoms with Gasteiger partial charge in [0.15, 0.2) is 0 Å². The van der Waals surface area contributed by atoms with Crippen LogP contribution in [0.25, 0.3) is 11.0 Å². The molecule has 3 aromatic rings. The fraction of sp³-hybridized carbons (Fsp3) is 0.125. The number of fused-ring (bicyclic) bond motifs is 1. The highest BCUT2D eigenvalue weighted by Crippen LogP contribution is 2.31. The largest absolute Gasteiger partial charge is 0.459 e. The molecule has 0 aliphatic carbocycles. The van der Waals surface area contributed by atoms with Crippen molar-refractivity contribution in [3.8, 4) is 0 Å². The van der Waals surface area contributed by atoms with Crippen molar-refractivity contribution in [3.05, 3.63) is 71.0 Å². The van der Waals surface area contributed by atoms with Gasteiger partial charge in [-0.1, -0.05) is 12.1 Å². The SMILES string of the molecule is Cc1c(C(N)c2ccc(F)cc2)oc2cc(F)ccc12. The molecule has 0 saturated heterocycles. The van der Waals surface area contributed by atoms with E-state index in [0.29, 0.717) is 11.3 Å². The van der Waals surface area contributed by atoms with Crippen LogP contribution in [0.4, 0.5) is 8.78 Å². The van der Waals surface area contributed by atoms with E-state index >= 15 is 0 Å². The second-order valence-corrected chi connectivity index (χ2v) is 4.76. The van der Waals surface area contributed by atoms with Crippen molar-refractivity contribution in [1.82, 2.24) is 0 Å². The summed E-state index contributed by atoms with van der Waals surface area (Å²) in [4.78, 5) is 0. The maximum Gasteiger partial charge on any atom is 0.137 e. The number of hydrogen-bond acceptors (Lipinski definition) is 2. The summed E-state index contributed by atoms with van der Waals surface area (Å²) in [5, 5.41) is 0.832. The van der Waals surface area contributed by atoms with E-state index in [4.69, 9.17) is 10.2 Å². The maximum absolute atomic E-state index is 13.2. The van der Waals surface area contributed by atoms with Gasteiger partial charge in [-0.15, -0.1) is 0 Å². The van der Waals surface area contributed by atoms with E-state index < -0.39 is 6.04 Å². The number of benzene rings is 2. The number of halogens is 2. The molecule has 0 radical (unpaired) electrons. The van der Waals surface area contributed by atoms with Crippen LogP contribution in [0.3, 0.4) is 0 Å². The predicted octanol–water partition coefficient (Wildman–Crippen LogP) is 4.07. The van der Waals surface area contributed by atoms with Gasteiger partial charge in [-0.2, -0.15) is 0 Å². The van der Waals surface area contributed by atoms with E-state index in [-0.39, 0.29) is 11.6 Å². The molecule has 20 heavy (non-hydrogen) atoms. The Morgan fingerprint density at radius 1 is 1.00 bits per heavy atom. The second-order valence-electron chi connectivity index (χ2n) is 4.76. The monoisotopic (exact) mass is 273 g/mol. The Kier molecular flexibility index (Phi) is 3.03. The van der Waals surface area contributed by atoms with E-state index in [9.17, 15) is 8.78 Å². The number of hydrogen-bond donors (Lipinski definition) is 1. The molecule has 0 aliphatic rings. The quantitative estimate of drug-likeness (QED) is 0.764. The summed E-state index contributed by atoms with van der Waals surface area (Å²) in [6.07, 6.45) is 0. The van der Waals surface area contributed by atoms with Crippen LogP contribution in [0.5, 0.6) is 0 Å². The van der Waals surface area contributed by atoms with Crippen molar-refractivity contribution in [3.63, 3.8) is 0 Å². The average Bonchev–Trinajstić information content (AvgIpc) is 2.75. The lowest BCUT2D eigenvalue weighted by Crippen LogP contribution is -2.12. The van der Waals surface area contributed by atoms with Crippen LogP contribution in [0.2, 0.25) is 0 Å². The zero-order valence-electron chi connectivity index (χ0n) is 10.9. The van der Waals surface area contributed by atoms with Crippen molar-refractivity contribution in [2.75, 3.05) is 0 Å². The Balaban J connectivity index is 2.09. The number of aryl methyl sites for hydroxylation is 1. The van der Waals surface area contributed by atoms with Gasteiger partial charge in [-0.3, -0.25) is 0 Å². The molecule has 0 fully saturated rings. The van der Waals surface area contributed by atoms with Crippen molar-refractivity contribution in [2.24, 2.45) is 5.73 Å². The molecule has 3 rings (SSSR count). The molecule has 1 aromatic heterocycles. The first-order valence-electron chi connectivity index (χ1n) is 6.26. The van der Waals surface area contributed by atoms with Crippen LogP contribution in [0.1, 0.15) is 22.9 Å². The van der Waals surface area contributed by atoms with Crippen LogP contribution in [0, 0.1) is 18.6 Å². The minimum Gasteiger partial charge on any atom is -0.459 e. The first-order valence-corrected chi connectivity index (χ1v) is 6.26. The lowest BCUT2D eigenvalue weighted by molar-refractivity contribution is 0.518. The van der Waals surface area contributed by atoms with Gasteiger partial charge in [0.1, 0.15) is 23.0 Å². The summed E-state index contributed by atoms with van der Waals surface area (Å²) in [6.45, 7) is 1.88. The smallest absolute Gasteiger partial charge is 0.137 e. The Hall–Kier alpha value is -2.20. The molecular weight excluding hydrogens is 260 g/mol. The van der Waals surface area contributed by atoms with Gasteiger partial charge in [0.2, 0.25) is 0 Å². The first-order chi connectivity index (χ1) is 9.56. The van der Waals surface area contributed by atoms with Crippen LogP contribution in [-0.4, -0.2) is 0 Å². The predicted molar refractivity (Wildman–Crippen MR) is 73.3 cm³/mol. The Labute approximate surface area is 114 Å². The van der Waals surface area contributed by atoms with Crippen LogP contribution in [-0.2, 0) is 0 Å². The highest BCUT2D eigenvalue weighted by atomic mass is 19.1. The highest BCUT2D eigenvalue weighted by molar-refractivity contribution is 5.82. The van der Waals surface area contributed by atoms with Gasteiger partial charge in [-0.25, -0.2) is 8.78 Å². The topological polar surface area (TPSA) is 39.2 Å². The third-order valence-corrected chi connectivity index (χ3v) is 3.45. The summed E-state index contributed by atoms with van der Waals surface area (Å²) in [7, 11) is 0. The minimum atomic E-state index is -0.508. The molecule has 2 N–H and O–H groups in total. The van der Waals surface area contributed by atoms with E-state index in [1.54, 1.807) is 18.2 Å². The van der Waals surface area contributed by atoms with Gasteiger partial charge < -0.3 is 10.2 Å². The fourth-order valence-electron chi connectivity index (χ4n) is 2.34. The van der Waals surface area contributed by atoms with Crippen LogP contribution >= 0.6 is 0 Å². The zero-order chi connectivity index (χ0) is 14.3. The number of rotatable bonds is 2. The molecule has 0 amide bonds. The molecule has 0 aliphatic heterocycles. The zero-order valence-corrected chi connectivity index (χ0v) is 10.9. The fourth-order valence-corrected chi connectivity index (χ4v) is 2.34. The Bertz CT molecular complexity index is 762. The van der Waals surface area contributed by atoms with Crippen molar-refractivity contribution in [1.29, 1.82) is 0 Å². The summed E-state index contributed by atoms with van der Waals surface area (Å²) in [5.74, 6) is -0.102. The van der Waals surface area contributed by atoms with Crippen molar-refractivity contribution >= 4 is 11.0 Å². The third-order valence-electron chi connectivity index (χ3n) is 3.45. The lowest BCUT2D eigenvalue weighted by atomic mass is 10.0. The Morgan fingerprint density at radius 2 is 1.65 bits per heavy atom. The summed E-state index contributed by atoms with van der Waals surface area (Å²) < 4.78 is 31.8. The molecule has 102 valence electrons. The molecule has 4 heteroatoms. The van der Waals surface area contributed by atoms with Gasteiger partial charge in [0.05, 0.1) is 6.04 Å². The van der Waals surface area contributed by atoms with E-state index in [1.807, 2.05) is 6.92 Å². The third kappa shape index (κ3) is 2.08. The Morgan fingerprint density at radius 3 is 2.35 bits per heavy atom. The number of nitrogens with two attached hydrogens (primary N) is 1. The lowest BCUT2D eigenvalue weighted by Gasteiger charge is -2.10. The number of furan rings is 1. The van der Waals surface area contributed by atoms with E-state index in [2.05, 4.69) is 0 Å². The first kappa shape index (κ1) is 12.8. The summed E-state index contributed by atoms with van der Waals surface area (Å²) in [5.41, 5.74) is 8.24.